The lowest BCUT2D eigenvalue weighted by Crippen LogP contribution is -2.31. The lowest BCUT2D eigenvalue weighted by Gasteiger charge is -2.14. The molecule has 1 aliphatic rings. The third-order valence-corrected chi connectivity index (χ3v) is 4.79. The molecule has 0 radical (unpaired) electrons. The predicted molar refractivity (Wildman–Crippen MR) is 86.8 cm³/mol. The van der Waals surface area contributed by atoms with Gasteiger partial charge in [0.05, 0.1) is 4.90 Å². The van der Waals surface area contributed by atoms with Crippen LogP contribution in [-0.4, -0.2) is 20.4 Å². The van der Waals surface area contributed by atoms with Gasteiger partial charge in [0.1, 0.15) is 0 Å². The summed E-state index contributed by atoms with van der Waals surface area (Å²) >= 11 is 0. The van der Waals surface area contributed by atoms with Crippen molar-refractivity contribution in [1.29, 1.82) is 0 Å². The number of benzene rings is 1. The summed E-state index contributed by atoms with van der Waals surface area (Å²) in [5, 5.41) is 7.87. The van der Waals surface area contributed by atoms with E-state index in [4.69, 9.17) is 10.9 Å². The fourth-order valence-corrected chi connectivity index (χ4v) is 3.25. The maximum Gasteiger partial charge on any atom is 0.238 e. The van der Waals surface area contributed by atoms with Gasteiger partial charge in [0.2, 0.25) is 15.9 Å². The molecule has 1 fully saturated rings. The number of primary sulfonamides is 1. The van der Waals surface area contributed by atoms with Gasteiger partial charge in [-0.05, 0) is 36.5 Å². The molecule has 0 unspecified atom stereocenters. The second-order valence-electron chi connectivity index (χ2n) is 5.53. The fourth-order valence-electron chi connectivity index (χ4n) is 2.66. The Bertz CT molecular complexity index is 622. The third kappa shape index (κ3) is 5.24. The van der Waals surface area contributed by atoms with Crippen molar-refractivity contribution in [2.24, 2.45) is 16.8 Å². The van der Waals surface area contributed by atoms with Crippen molar-refractivity contribution in [2.75, 3.05) is 0 Å². The maximum absolute atomic E-state index is 11.9. The summed E-state index contributed by atoms with van der Waals surface area (Å²) in [7, 11) is -3.72. The predicted octanol–water partition coefficient (Wildman–Crippen LogP) is 0.890. The van der Waals surface area contributed by atoms with E-state index >= 15 is 0 Å². The van der Waals surface area contributed by atoms with Crippen LogP contribution in [0.5, 0.6) is 0 Å². The van der Waals surface area contributed by atoms with Crippen molar-refractivity contribution < 1.29 is 13.2 Å². The summed E-state index contributed by atoms with van der Waals surface area (Å²) in [6, 6.07) is 6.36. The zero-order chi connectivity index (χ0) is 15.5. The van der Waals surface area contributed by atoms with Crippen molar-refractivity contribution in [3.05, 3.63) is 29.8 Å². The first-order valence-corrected chi connectivity index (χ1v) is 8.55. The number of sulfonamides is 1. The molecule has 1 saturated carbocycles. The van der Waals surface area contributed by atoms with Crippen molar-refractivity contribution >= 4 is 28.3 Å². The highest BCUT2D eigenvalue weighted by Crippen LogP contribution is 2.26. The number of hydrogen-bond donors (Lipinski definition) is 3. The van der Waals surface area contributed by atoms with Crippen LogP contribution in [0.15, 0.2) is 29.2 Å². The van der Waals surface area contributed by atoms with Gasteiger partial charge < -0.3 is 11.1 Å². The summed E-state index contributed by atoms with van der Waals surface area (Å²) in [6.45, 7) is 0.282. The Morgan fingerprint density at radius 2 is 2.05 bits per heavy atom. The quantitative estimate of drug-likeness (QED) is 0.733. The van der Waals surface area contributed by atoms with Crippen molar-refractivity contribution in [1.82, 2.24) is 5.32 Å². The molecule has 0 aliphatic heterocycles. The lowest BCUT2D eigenvalue weighted by molar-refractivity contribution is -0.122. The maximum atomic E-state index is 11.9. The molecule has 1 aromatic carbocycles. The SMILES string of the molecule is Cl.N[C@@H]1CCC[C@H]1CC(=O)NCc1cccc(S(N)(=O)=O)c1. The molecule has 1 aromatic rings. The molecule has 0 aromatic heterocycles. The molecule has 0 saturated heterocycles. The fraction of sp³-hybridized carbons (Fsp3) is 0.500. The van der Waals surface area contributed by atoms with Gasteiger partial charge in [-0.3, -0.25) is 4.79 Å². The Balaban J connectivity index is 0.00000242. The Morgan fingerprint density at radius 1 is 1.32 bits per heavy atom. The molecule has 0 spiro atoms. The normalized spacial score (nSPS) is 21.2. The monoisotopic (exact) mass is 347 g/mol. The average Bonchev–Trinajstić information content (AvgIpc) is 2.81. The minimum Gasteiger partial charge on any atom is -0.352 e. The van der Waals surface area contributed by atoms with E-state index in [-0.39, 0.29) is 41.7 Å². The molecular formula is C14H22ClN3O3S. The van der Waals surface area contributed by atoms with E-state index in [9.17, 15) is 13.2 Å². The van der Waals surface area contributed by atoms with Gasteiger partial charge in [-0.1, -0.05) is 18.6 Å². The molecule has 8 heteroatoms. The highest BCUT2D eigenvalue weighted by atomic mass is 35.5. The van der Waals surface area contributed by atoms with E-state index in [0.717, 1.165) is 19.3 Å². The molecule has 6 nitrogen and oxygen atoms in total. The molecule has 124 valence electrons. The second kappa shape index (κ2) is 7.92. The van der Waals surface area contributed by atoms with Gasteiger partial charge in [-0.15, -0.1) is 12.4 Å². The second-order valence-corrected chi connectivity index (χ2v) is 7.09. The molecule has 0 heterocycles. The van der Waals surface area contributed by atoms with Crippen LogP contribution in [0.4, 0.5) is 0 Å². The summed E-state index contributed by atoms with van der Waals surface area (Å²) in [6.07, 6.45) is 3.48. The van der Waals surface area contributed by atoms with Crippen molar-refractivity contribution in [2.45, 2.75) is 43.2 Å². The van der Waals surface area contributed by atoms with Crippen LogP contribution < -0.4 is 16.2 Å². The van der Waals surface area contributed by atoms with Crippen LogP contribution in [0, 0.1) is 5.92 Å². The summed E-state index contributed by atoms with van der Waals surface area (Å²) in [5.41, 5.74) is 6.64. The Morgan fingerprint density at radius 3 is 2.64 bits per heavy atom. The Kier molecular flexibility index (Phi) is 6.80. The summed E-state index contributed by atoms with van der Waals surface area (Å²) in [5.74, 6) is 0.194. The summed E-state index contributed by atoms with van der Waals surface area (Å²) < 4.78 is 22.5. The number of carbonyl (C=O) groups is 1. The molecule has 2 atom stereocenters. The van der Waals surface area contributed by atoms with E-state index < -0.39 is 10.0 Å². The van der Waals surface area contributed by atoms with E-state index in [0.29, 0.717) is 12.0 Å². The number of carbonyl (C=O) groups excluding carboxylic acids is 1. The molecule has 2 rings (SSSR count). The van der Waals surface area contributed by atoms with Crippen LogP contribution in [0.1, 0.15) is 31.2 Å². The average molecular weight is 348 g/mol. The first-order chi connectivity index (χ1) is 9.86. The van der Waals surface area contributed by atoms with Gasteiger partial charge in [0, 0.05) is 19.0 Å². The minimum atomic E-state index is -3.72. The first-order valence-electron chi connectivity index (χ1n) is 7.00. The van der Waals surface area contributed by atoms with Crippen LogP contribution in [0.25, 0.3) is 0 Å². The summed E-state index contributed by atoms with van der Waals surface area (Å²) in [4.78, 5) is 11.9. The molecule has 1 amide bonds. The van der Waals surface area contributed by atoms with E-state index in [1.54, 1.807) is 12.1 Å². The van der Waals surface area contributed by atoms with Crippen molar-refractivity contribution in [3.8, 4) is 0 Å². The molecule has 0 bridgehead atoms. The number of rotatable bonds is 5. The van der Waals surface area contributed by atoms with Crippen LogP contribution >= 0.6 is 12.4 Å². The van der Waals surface area contributed by atoms with Gasteiger partial charge >= 0.3 is 0 Å². The highest BCUT2D eigenvalue weighted by Gasteiger charge is 2.25. The van der Waals surface area contributed by atoms with Crippen LogP contribution in [0.3, 0.4) is 0 Å². The zero-order valence-corrected chi connectivity index (χ0v) is 13.8. The topological polar surface area (TPSA) is 115 Å². The number of nitrogens with one attached hydrogen (secondary N) is 1. The molecular weight excluding hydrogens is 326 g/mol. The number of amides is 1. The molecule has 5 N–H and O–H groups in total. The highest BCUT2D eigenvalue weighted by molar-refractivity contribution is 7.89. The zero-order valence-electron chi connectivity index (χ0n) is 12.2. The molecule has 1 aliphatic carbocycles. The number of hydrogen-bond acceptors (Lipinski definition) is 4. The largest absolute Gasteiger partial charge is 0.352 e. The van der Waals surface area contributed by atoms with Crippen molar-refractivity contribution in [3.63, 3.8) is 0 Å². The Hall–Kier alpha value is -1.15. The minimum absolute atomic E-state index is 0. The Labute approximate surface area is 137 Å². The van der Waals surface area contributed by atoms with Gasteiger partial charge in [0.15, 0.2) is 0 Å². The lowest BCUT2D eigenvalue weighted by atomic mass is 10.00. The van der Waals surface area contributed by atoms with Crippen LogP contribution in [-0.2, 0) is 21.4 Å². The standard InChI is InChI=1S/C14H21N3O3S.ClH/c15-13-6-2-4-11(13)8-14(18)17-9-10-3-1-5-12(7-10)21(16,19)20;/h1,3,5,7,11,13H,2,4,6,8-9,15H2,(H,17,18)(H2,16,19,20);1H/t11-,13+;/m0./s1. The molecule has 22 heavy (non-hydrogen) atoms. The van der Waals surface area contributed by atoms with E-state index in [2.05, 4.69) is 5.32 Å². The third-order valence-electron chi connectivity index (χ3n) is 3.88. The van der Waals surface area contributed by atoms with Gasteiger partial charge in [0.25, 0.3) is 0 Å². The van der Waals surface area contributed by atoms with Gasteiger partial charge in [-0.25, -0.2) is 13.6 Å². The smallest absolute Gasteiger partial charge is 0.238 e. The van der Waals surface area contributed by atoms with Gasteiger partial charge in [-0.2, -0.15) is 0 Å². The van der Waals surface area contributed by atoms with Crippen LogP contribution in [0.2, 0.25) is 0 Å². The first kappa shape index (κ1) is 18.9. The number of halogens is 1. The van der Waals surface area contributed by atoms with E-state index in [1.165, 1.54) is 12.1 Å². The van der Waals surface area contributed by atoms with E-state index in [1.807, 2.05) is 0 Å². The number of nitrogens with two attached hydrogens (primary N) is 2.